The van der Waals surface area contributed by atoms with E-state index in [1.165, 1.54) is 6.33 Å². The highest BCUT2D eigenvalue weighted by atomic mass is 16.3. The molecule has 5 nitrogen and oxygen atoms in total. The summed E-state index contributed by atoms with van der Waals surface area (Å²) < 4.78 is 1.74. The molecule has 2 N–H and O–H groups in total. The summed E-state index contributed by atoms with van der Waals surface area (Å²) in [6.45, 7) is 4.15. The Hall–Kier alpha value is -0.940. The molecule has 1 aliphatic rings. The average molecular weight is 182 g/mol. The normalized spacial score (nSPS) is 28.2. The molecule has 1 atom stereocenters. The van der Waals surface area contributed by atoms with Gasteiger partial charge in [-0.2, -0.15) is 5.10 Å². The van der Waals surface area contributed by atoms with Crippen molar-refractivity contribution in [2.24, 2.45) is 0 Å². The molecule has 72 valence electrons. The van der Waals surface area contributed by atoms with E-state index in [-0.39, 0.29) is 0 Å². The molecule has 1 unspecified atom stereocenters. The zero-order valence-electron chi connectivity index (χ0n) is 7.69. The minimum atomic E-state index is -0.813. The van der Waals surface area contributed by atoms with Gasteiger partial charge < -0.3 is 10.4 Å². The fourth-order valence-electron chi connectivity index (χ4n) is 1.73. The summed E-state index contributed by atoms with van der Waals surface area (Å²) in [5.41, 5.74) is -0.813. The van der Waals surface area contributed by atoms with Crippen molar-refractivity contribution in [3.8, 4) is 0 Å². The minimum absolute atomic E-state index is 0.575. The van der Waals surface area contributed by atoms with Crippen LogP contribution in [0.15, 0.2) is 6.33 Å². The summed E-state index contributed by atoms with van der Waals surface area (Å²) in [5.74, 6) is 0.681. The third-order valence-corrected chi connectivity index (χ3v) is 2.46. The fourth-order valence-corrected chi connectivity index (χ4v) is 1.73. The van der Waals surface area contributed by atoms with Crippen molar-refractivity contribution in [1.29, 1.82) is 0 Å². The topological polar surface area (TPSA) is 63.0 Å². The van der Waals surface area contributed by atoms with Gasteiger partial charge in [0.2, 0.25) is 0 Å². The van der Waals surface area contributed by atoms with Crippen molar-refractivity contribution in [3.05, 3.63) is 12.2 Å². The summed E-state index contributed by atoms with van der Waals surface area (Å²) in [6, 6.07) is 0. The van der Waals surface area contributed by atoms with Crippen LogP contribution in [-0.4, -0.2) is 33.0 Å². The second-order valence-corrected chi connectivity index (χ2v) is 3.36. The molecule has 0 amide bonds. The summed E-state index contributed by atoms with van der Waals surface area (Å²) >= 11 is 0. The van der Waals surface area contributed by atoms with Crippen LogP contribution >= 0.6 is 0 Å². The molecular formula is C8H14N4O. The predicted molar refractivity (Wildman–Crippen MR) is 47.1 cm³/mol. The van der Waals surface area contributed by atoms with Gasteiger partial charge in [0.15, 0.2) is 5.82 Å². The van der Waals surface area contributed by atoms with Crippen molar-refractivity contribution in [2.45, 2.75) is 25.5 Å². The Morgan fingerprint density at radius 3 is 3.23 bits per heavy atom. The van der Waals surface area contributed by atoms with E-state index in [4.69, 9.17) is 0 Å². The van der Waals surface area contributed by atoms with Gasteiger partial charge in [-0.3, -0.25) is 0 Å². The Morgan fingerprint density at radius 1 is 1.77 bits per heavy atom. The quantitative estimate of drug-likeness (QED) is 0.646. The van der Waals surface area contributed by atoms with Crippen LogP contribution in [0.5, 0.6) is 0 Å². The van der Waals surface area contributed by atoms with Crippen molar-refractivity contribution in [3.63, 3.8) is 0 Å². The maximum absolute atomic E-state index is 10.2. The van der Waals surface area contributed by atoms with Gasteiger partial charge in [0.25, 0.3) is 0 Å². The first-order valence-corrected chi connectivity index (χ1v) is 4.57. The highest BCUT2D eigenvalue weighted by Crippen LogP contribution is 2.25. The number of rotatable bonds is 2. The van der Waals surface area contributed by atoms with Gasteiger partial charge in [-0.05, 0) is 19.9 Å². The van der Waals surface area contributed by atoms with E-state index in [1.54, 1.807) is 4.68 Å². The lowest BCUT2D eigenvalue weighted by Gasteiger charge is -2.20. The monoisotopic (exact) mass is 182 g/mol. The van der Waals surface area contributed by atoms with E-state index in [9.17, 15) is 5.11 Å². The zero-order chi connectivity index (χ0) is 9.31. The Bertz CT molecular complexity index is 290. The average Bonchev–Trinajstić information content (AvgIpc) is 2.72. The number of hydrogen-bond donors (Lipinski definition) is 2. The number of nitrogens with one attached hydrogen (secondary N) is 1. The van der Waals surface area contributed by atoms with E-state index in [0.717, 1.165) is 13.1 Å². The number of aryl methyl sites for hydroxylation is 1. The molecule has 0 saturated carbocycles. The molecule has 0 radical (unpaired) electrons. The molecule has 0 aromatic carbocycles. The SMILES string of the molecule is CCn1ncnc1C1(O)CCNC1. The van der Waals surface area contributed by atoms with Crippen LogP contribution in [0.4, 0.5) is 0 Å². The van der Waals surface area contributed by atoms with E-state index in [0.29, 0.717) is 18.8 Å². The van der Waals surface area contributed by atoms with Crippen molar-refractivity contribution >= 4 is 0 Å². The predicted octanol–water partition coefficient (Wildman–Crippen LogP) is -0.521. The van der Waals surface area contributed by atoms with Crippen molar-refractivity contribution in [2.75, 3.05) is 13.1 Å². The van der Waals surface area contributed by atoms with Gasteiger partial charge in [0, 0.05) is 13.1 Å². The molecule has 1 aromatic heterocycles. The second kappa shape index (κ2) is 3.08. The summed E-state index contributed by atoms with van der Waals surface area (Å²) in [4.78, 5) is 4.10. The fraction of sp³-hybridized carbons (Fsp3) is 0.750. The number of aromatic nitrogens is 3. The summed E-state index contributed by atoms with van der Waals surface area (Å²) in [6.07, 6.45) is 2.21. The molecule has 0 aliphatic carbocycles. The number of β-amino-alcohol motifs (C(OH)–C–C–N with tert-alkyl or cyclic N) is 1. The second-order valence-electron chi connectivity index (χ2n) is 3.36. The smallest absolute Gasteiger partial charge is 0.160 e. The number of hydrogen-bond acceptors (Lipinski definition) is 4. The molecule has 1 fully saturated rings. The molecule has 5 heteroatoms. The maximum Gasteiger partial charge on any atom is 0.160 e. The third-order valence-electron chi connectivity index (χ3n) is 2.46. The Kier molecular flexibility index (Phi) is 2.05. The van der Waals surface area contributed by atoms with Crippen LogP contribution in [0.25, 0.3) is 0 Å². The molecule has 1 aromatic rings. The lowest BCUT2D eigenvalue weighted by Crippen LogP contribution is -2.32. The first kappa shape index (κ1) is 8.65. The van der Waals surface area contributed by atoms with Crippen LogP contribution in [-0.2, 0) is 12.1 Å². The van der Waals surface area contributed by atoms with Gasteiger partial charge in [-0.25, -0.2) is 9.67 Å². The number of aliphatic hydroxyl groups is 1. The molecule has 0 bridgehead atoms. The standard InChI is InChI=1S/C8H14N4O/c1-2-12-7(10-6-11-12)8(13)3-4-9-5-8/h6,9,13H,2-5H2,1H3. The van der Waals surface area contributed by atoms with E-state index in [2.05, 4.69) is 15.4 Å². The van der Waals surface area contributed by atoms with Crippen molar-refractivity contribution in [1.82, 2.24) is 20.1 Å². The lowest BCUT2D eigenvalue weighted by atomic mass is 10.0. The van der Waals surface area contributed by atoms with Crippen LogP contribution in [0.3, 0.4) is 0 Å². The number of nitrogens with zero attached hydrogens (tertiary/aromatic N) is 3. The third kappa shape index (κ3) is 1.34. The summed E-state index contributed by atoms with van der Waals surface area (Å²) in [5, 5.41) is 17.3. The first-order valence-electron chi connectivity index (χ1n) is 4.57. The molecular weight excluding hydrogens is 168 g/mol. The first-order chi connectivity index (χ1) is 6.26. The molecule has 1 saturated heterocycles. The van der Waals surface area contributed by atoms with E-state index < -0.39 is 5.60 Å². The van der Waals surface area contributed by atoms with Crippen LogP contribution in [0, 0.1) is 0 Å². The Balaban J connectivity index is 2.32. The molecule has 0 spiro atoms. The van der Waals surface area contributed by atoms with Gasteiger partial charge >= 0.3 is 0 Å². The zero-order valence-corrected chi connectivity index (χ0v) is 7.69. The Labute approximate surface area is 76.8 Å². The van der Waals surface area contributed by atoms with E-state index >= 15 is 0 Å². The van der Waals surface area contributed by atoms with Gasteiger partial charge in [-0.1, -0.05) is 0 Å². The van der Waals surface area contributed by atoms with Crippen molar-refractivity contribution < 1.29 is 5.11 Å². The van der Waals surface area contributed by atoms with Crippen LogP contribution < -0.4 is 5.32 Å². The van der Waals surface area contributed by atoms with Crippen LogP contribution in [0.2, 0.25) is 0 Å². The highest BCUT2D eigenvalue weighted by Gasteiger charge is 2.37. The van der Waals surface area contributed by atoms with Gasteiger partial charge in [-0.15, -0.1) is 0 Å². The highest BCUT2D eigenvalue weighted by molar-refractivity contribution is 5.05. The molecule has 2 rings (SSSR count). The largest absolute Gasteiger partial charge is 0.380 e. The Morgan fingerprint density at radius 2 is 2.62 bits per heavy atom. The molecule has 2 heterocycles. The molecule has 1 aliphatic heterocycles. The van der Waals surface area contributed by atoms with E-state index in [1.807, 2.05) is 6.92 Å². The van der Waals surface area contributed by atoms with Gasteiger partial charge in [0.1, 0.15) is 11.9 Å². The molecule has 13 heavy (non-hydrogen) atoms. The maximum atomic E-state index is 10.2. The summed E-state index contributed by atoms with van der Waals surface area (Å²) in [7, 11) is 0. The lowest BCUT2D eigenvalue weighted by molar-refractivity contribution is 0.0444. The minimum Gasteiger partial charge on any atom is -0.380 e. The van der Waals surface area contributed by atoms with Crippen LogP contribution in [0.1, 0.15) is 19.2 Å². The van der Waals surface area contributed by atoms with Gasteiger partial charge in [0.05, 0.1) is 0 Å².